The number of benzene rings is 3. The number of rotatable bonds is 0. The summed E-state index contributed by atoms with van der Waals surface area (Å²) in [7, 11) is 0. The predicted molar refractivity (Wildman–Crippen MR) is 97.1 cm³/mol. The smallest absolute Gasteiger partial charge is 0.137 e. The third-order valence-electron chi connectivity index (χ3n) is 4.16. The van der Waals surface area contributed by atoms with E-state index in [-0.39, 0.29) is 0 Å². The number of halogens is 1. The van der Waals surface area contributed by atoms with Crippen molar-refractivity contribution in [3.8, 4) is 0 Å². The first-order chi connectivity index (χ1) is 10.8. The quantitative estimate of drug-likeness (QED) is 0.237. The molecule has 0 fully saturated rings. The van der Waals surface area contributed by atoms with Crippen molar-refractivity contribution >= 4 is 64.8 Å². The summed E-state index contributed by atoms with van der Waals surface area (Å²) in [6.45, 7) is 0. The highest BCUT2D eigenvalue weighted by molar-refractivity contribution is 7.26. The molecule has 22 heavy (non-hydrogen) atoms. The normalized spacial score (nSPS) is 11.9. The Morgan fingerprint density at radius 1 is 0.682 bits per heavy atom. The fraction of sp³-hybridized carbons (Fsp3) is 0. The van der Waals surface area contributed by atoms with Gasteiger partial charge in [-0.1, -0.05) is 54.1 Å². The molecular formula is C19H10ClNS. The van der Waals surface area contributed by atoms with E-state index in [1.807, 2.05) is 23.5 Å². The number of hydrogen-bond donors (Lipinski definition) is 0. The second-order valence-corrected chi connectivity index (χ2v) is 6.82. The predicted octanol–water partition coefficient (Wildman–Crippen LogP) is 6.41. The molecule has 0 unspecified atom stereocenters. The van der Waals surface area contributed by atoms with Crippen molar-refractivity contribution in [2.75, 3.05) is 0 Å². The molecule has 0 aliphatic heterocycles. The molecule has 0 atom stereocenters. The lowest BCUT2D eigenvalue weighted by Crippen LogP contribution is -1.85. The molecule has 0 spiro atoms. The van der Waals surface area contributed by atoms with E-state index in [2.05, 4.69) is 53.5 Å². The van der Waals surface area contributed by atoms with Gasteiger partial charge in [-0.05, 0) is 23.6 Å². The maximum atomic E-state index is 6.37. The Morgan fingerprint density at radius 2 is 1.41 bits per heavy atom. The molecule has 0 radical (unpaired) electrons. The Kier molecular flexibility index (Phi) is 2.49. The van der Waals surface area contributed by atoms with Gasteiger partial charge in [0.2, 0.25) is 0 Å². The maximum absolute atomic E-state index is 6.37. The van der Waals surface area contributed by atoms with Crippen LogP contribution in [0.3, 0.4) is 0 Å². The maximum Gasteiger partial charge on any atom is 0.137 e. The number of thiophene rings is 1. The number of nitrogens with zero attached hydrogens (tertiary/aromatic N) is 1. The van der Waals surface area contributed by atoms with Crippen LogP contribution in [0.15, 0.2) is 60.7 Å². The van der Waals surface area contributed by atoms with Gasteiger partial charge in [0.05, 0.1) is 5.52 Å². The summed E-state index contributed by atoms with van der Waals surface area (Å²) in [5, 5.41) is 6.55. The SMILES string of the molecule is Clc1nc2ccc3sc4ccccc4c3c2c2ccccc12. The Balaban J connectivity index is 2.19. The van der Waals surface area contributed by atoms with E-state index in [0.29, 0.717) is 5.15 Å². The van der Waals surface area contributed by atoms with E-state index >= 15 is 0 Å². The molecule has 1 nitrogen and oxygen atoms in total. The number of pyridine rings is 1. The Morgan fingerprint density at radius 3 is 2.27 bits per heavy atom. The zero-order chi connectivity index (χ0) is 14.7. The number of aromatic nitrogens is 1. The average molecular weight is 320 g/mol. The molecule has 3 heteroatoms. The van der Waals surface area contributed by atoms with Gasteiger partial charge < -0.3 is 0 Å². The van der Waals surface area contributed by atoms with Crippen LogP contribution in [0.25, 0.3) is 41.8 Å². The lowest BCUT2D eigenvalue weighted by molar-refractivity contribution is 1.45. The minimum atomic E-state index is 0.571. The van der Waals surface area contributed by atoms with Crippen LogP contribution in [0.2, 0.25) is 5.15 Å². The van der Waals surface area contributed by atoms with Gasteiger partial charge in [0, 0.05) is 30.9 Å². The summed E-state index contributed by atoms with van der Waals surface area (Å²) in [6.07, 6.45) is 0. The van der Waals surface area contributed by atoms with E-state index < -0.39 is 0 Å². The van der Waals surface area contributed by atoms with E-state index in [4.69, 9.17) is 11.6 Å². The van der Waals surface area contributed by atoms with Crippen LogP contribution >= 0.6 is 22.9 Å². The van der Waals surface area contributed by atoms with Crippen molar-refractivity contribution in [1.82, 2.24) is 4.98 Å². The second kappa shape index (κ2) is 4.42. The lowest BCUT2D eigenvalue weighted by atomic mass is 10.0. The van der Waals surface area contributed by atoms with Crippen molar-refractivity contribution in [1.29, 1.82) is 0 Å². The van der Waals surface area contributed by atoms with Gasteiger partial charge in [0.25, 0.3) is 0 Å². The van der Waals surface area contributed by atoms with Crippen molar-refractivity contribution in [2.45, 2.75) is 0 Å². The standard InChI is InChI=1S/C19H10ClNS/c20-19-12-6-2-1-5-11(12)17-14(21-19)9-10-16-18(17)13-7-3-4-8-15(13)22-16/h1-10H. The zero-order valence-electron chi connectivity index (χ0n) is 11.5. The molecule has 104 valence electrons. The highest BCUT2D eigenvalue weighted by atomic mass is 35.5. The molecule has 3 aromatic carbocycles. The summed E-state index contributed by atoms with van der Waals surface area (Å²) in [4.78, 5) is 4.61. The molecule has 0 aliphatic carbocycles. The van der Waals surface area contributed by atoms with E-state index in [9.17, 15) is 0 Å². The first-order valence-electron chi connectivity index (χ1n) is 7.11. The van der Waals surface area contributed by atoms with Crippen LogP contribution in [0.5, 0.6) is 0 Å². The van der Waals surface area contributed by atoms with Gasteiger partial charge in [-0.2, -0.15) is 0 Å². The largest absolute Gasteiger partial charge is 0.235 e. The summed E-state index contributed by atoms with van der Waals surface area (Å²) in [6, 6.07) is 21.0. The van der Waals surface area contributed by atoms with Crippen LogP contribution in [0.4, 0.5) is 0 Å². The molecule has 2 heterocycles. The third kappa shape index (κ3) is 1.57. The van der Waals surface area contributed by atoms with Crippen LogP contribution in [0, 0.1) is 0 Å². The topological polar surface area (TPSA) is 12.9 Å². The van der Waals surface area contributed by atoms with Gasteiger partial charge in [-0.25, -0.2) is 4.98 Å². The molecular weight excluding hydrogens is 310 g/mol. The summed E-state index contributed by atoms with van der Waals surface area (Å²) in [5.74, 6) is 0. The first-order valence-corrected chi connectivity index (χ1v) is 8.30. The van der Waals surface area contributed by atoms with E-state index in [1.54, 1.807) is 0 Å². The van der Waals surface area contributed by atoms with E-state index in [0.717, 1.165) is 10.9 Å². The van der Waals surface area contributed by atoms with Crippen molar-refractivity contribution in [3.63, 3.8) is 0 Å². The number of fused-ring (bicyclic) bond motifs is 7. The van der Waals surface area contributed by atoms with Crippen LogP contribution in [0.1, 0.15) is 0 Å². The van der Waals surface area contributed by atoms with Crippen molar-refractivity contribution < 1.29 is 0 Å². The molecule has 5 rings (SSSR count). The van der Waals surface area contributed by atoms with Gasteiger partial charge in [0.15, 0.2) is 0 Å². The Bertz CT molecular complexity index is 1190. The molecule has 0 saturated heterocycles. The average Bonchev–Trinajstić information content (AvgIpc) is 2.93. The van der Waals surface area contributed by atoms with Crippen LogP contribution in [-0.4, -0.2) is 4.98 Å². The minimum absolute atomic E-state index is 0.571. The van der Waals surface area contributed by atoms with Gasteiger partial charge in [-0.15, -0.1) is 11.3 Å². The van der Waals surface area contributed by atoms with Crippen molar-refractivity contribution in [3.05, 3.63) is 65.8 Å². The number of hydrogen-bond acceptors (Lipinski definition) is 2. The fourth-order valence-corrected chi connectivity index (χ4v) is 4.59. The van der Waals surface area contributed by atoms with Crippen molar-refractivity contribution in [2.24, 2.45) is 0 Å². The molecule has 5 aromatic rings. The highest BCUT2D eigenvalue weighted by Crippen LogP contribution is 2.41. The third-order valence-corrected chi connectivity index (χ3v) is 5.58. The summed E-state index contributed by atoms with van der Waals surface area (Å²) in [5.41, 5.74) is 0.958. The molecule has 2 aromatic heterocycles. The Hall–Kier alpha value is -2.16. The fourth-order valence-electron chi connectivity index (χ4n) is 3.22. The first kappa shape index (κ1) is 12.4. The van der Waals surface area contributed by atoms with Gasteiger partial charge in [0.1, 0.15) is 5.15 Å². The van der Waals surface area contributed by atoms with Gasteiger partial charge >= 0.3 is 0 Å². The molecule has 0 N–H and O–H groups in total. The highest BCUT2D eigenvalue weighted by Gasteiger charge is 2.13. The second-order valence-electron chi connectivity index (χ2n) is 5.38. The van der Waals surface area contributed by atoms with Crippen LogP contribution < -0.4 is 0 Å². The zero-order valence-corrected chi connectivity index (χ0v) is 13.1. The summed E-state index contributed by atoms with van der Waals surface area (Å²) < 4.78 is 2.60. The molecule has 0 amide bonds. The molecule has 0 saturated carbocycles. The monoisotopic (exact) mass is 319 g/mol. The Labute approximate surface area is 135 Å². The van der Waals surface area contributed by atoms with Crippen LogP contribution in [-0.2, 0) is 0 Å². The minimum Gasteiger partial charge on any atom is -0.235 e. The molecule has 0 bridgehead atoms. The summed E-state index contributed by atoms with van der Waals surface area (Å²) >= 11 is 8.20. The lowest BCUT2D eigenvalue weighted by Gasteiger charge is -2.07. The van der Waals surface area contributed by atoms with E-state index in [1.165, 1.54) is 30.9 Å². The van der Waals surface area contributed by atoms with Gasteiger partial charge in [-0.3, -0.25) is 0 Å². The molecule has 0 aliphatic rings.